The number of benzene rings is 12. The van der Waals surface area contributed by atoms with Gasteiger partial charge in [0.15, 0.2) is 0 Å². The van der Waals surface area contributed by atoms with Crippen LogP contribution in [0, 0.1) is 11.8 Å². The summed E-state index contributed by atoms with van der Waals surface area (Å²) in [6.45, 7) is 4.95. The second-order valence-corrected chi connectivity index (χ2v) is 24.0. The molecule has 0 saturated carbocycles. The molecule has 368 valence electrons. The summed E-state index contributed by atoms with van der Waals surface area (Å²) in [5, 5.41) is 10.3. The molecule has 4 atom stereocenters. The Hall–Kier alpha value is -9.30. The zero-order valence-corrected chi connectivity index (χ0v) is 44.0. The van der Waals surface area contributed by atoms with E-state index >= 15 is 0 Å². The number of rotatable bonds is 2. The predicted molar refractivity (Wildman–Crippen MR) is 329 cm³/mol. The van der Waals surface area contributed by atoms with Gasteiger partial charge in [0.1, 0.15) is 0 Å². The van der Waals surface area contributed by atoms with Crippen LogP contribution in [0.4, 0.5) is 0 Å². The number of hydrogen-bond donors (Lipinski definition) is 0. The Labute approximate surface area is 458 Å². The van der Waals surface area contributed by atoms with Crippen molar-refractivity contribution in [3.8, 4) is 55.6 Å². The number of fused-ring (bicyclic) bond motifs is 28. The summed E-state index contributed by atoms with van der Waals surface area (Å²) in [5.74, 6) is 0.862. The van der Waals surface area contributed by atoms with Gasteiger partial charge in [0.2, 0.25) is 0 Å². The summed E-state index contributed by atoms with van der Waals surface area (Å²) in [7, 11) is 0. The van der Waals surface area contributed by atoms with Gasteiger partial charge in [0.05, 0.1) is 27.4 Å². The Morgan fingerprint density at radius 3 is 1.38 bits per heavy atom. The summed E-state index contributed by atoms with van der Waals surface area (Å²) >= 11 is 0. The van der Waals surface area contributed by atoms with Crippen molar-refractivity contribution >= 4 is 59.6 Å². The molecule has 19 rings (SSSR count). The van der Waals surface area contributed by atoms with Gasteiger partial charge in [-0.2, -0.15) is 0 Å². The number of nitrogens with zero attached hydrogens (tertiary/aromatic N) is 1. The van der Waals surface area contributed by atoms with Crippen molar-refractivity contribution in [2.75, 3.05) is 0 Å². The fraction of sp³-hybridized carbons (Fsp3) is 0.103. The molecular formula is C78H51N. The highest BCUT2D eigenvalue weighted by Crippen LogP contribution is 2.69. The second kappa shape index (κ2) is 14.6. The molecule has 0 radical (unpaired) electrons. The number of hydrogen-bond acceptors (Lipinski definition) is 0. The molecule has 79 heavy (non-hydrogen) atoms. The van der Waals surface area contributed by atoms with Gasteiger partial charge in [0, 0.05) is 27.0 Å². The Bertz CT molecular complexity index is 5050. The number of allylic oxidation sites excluding steroid dienone is 2. The topological polar surface area (TPSA) is 4.41 Å². The molecule has 2 aromatic heterocycles. The van der Waals surface area contributed by atoms with Gasteiger partial charge in [-0.25, -0.2) is 0 Å². The Morgan fingerprint density at radius 2 is 0.810 bits per heavy atom. The van der Waals surface area contributed by atoms with E-state index in [-0.39, 0.29) is 10.8 Å². The van der Waals surface area contributed by atoms with E-state index in [1.807, 2.05) is 0 Å². The van der Waals surface area contributed by atoms with E-state index in [1.54, 1.807) is 0 Å². The van der Waals surface area contributed by atoms with Gasteiger partial charge in [-0.1, -0.05) is 238 Å². The Balaban J connectivity index is 0.895. The summed E-state index contributed by atoms with van der Waals surface area (Å²) < 4.78 is 2.65. The minimum absolute atomic E-state index is 0.0860. The van der Waals surface area contributed by atoms with Gasteiger partial charge in [-0.15, -0.1) is 0 Å². The molecule has 1 heteroatoms. The van der Waals surface area contributed by atoms with Crippen LogP contribution in [-0.2, 0) is 16.2 Å². The fourth-order valence-corrected chi connectivity index (χ4v) is 17.7. The molecule has 0 amide bonds. The fourth-order valence-electron chi connectivity index (χ4n) is 17.7. The molecule has 0 N–H and O–H groups in total. The van der Waals surface area contributed by atoms with Crippen LogP contribution in [0.3, 0.4) is 0 Å². The van der Waals surface area contributed by atoms with Crippen molar-refractivity contribution < 1.29 is 0 Å². The van der Waals surface area contributed by atoms with Crippen LogP contribution in [-0.4, -0.2) is 4.40 Å². The van der Waals surface area contributed by atoms with Crippen molar-refractivity contribution in [1.82, 2.24) is 4.40 Å². The van der Waals surface area contributed by atoms with Crippen LogP contribution in [0.25, 0.3) is 115 Å². The van der Waals surface area contributed by atoms with E-state index in [0.717, 1.165) is 6.42 Å². The molecule has 4 unspecified atom stereocenters. The van der Waals surface area contributed by atoms with Crippen molar-refractivity contribution in [3.63, 3.8) is 0 Å². The second-order valence-electron chi connectivity index (χ2n) is 24.0. The summed E-state index contributed by atoms with van der Waals surface area (Å²) in [4.78, 5) is 0. The average Bonchev–Trinajstić information content (AvgIpc) is 4.21. The molecular weight excluding hydrogens is 951 g/mol. The molecule has 14 aromatic rings. The molecule has 5 aliphatic carbocycles. The molecule has 2 spiro atoms. The minimum atomic E-state index is -0.436. The predicted octanol–water partition coefficient (Wildman–Crippen LogP) is 19.6. The first-order valence-electron chi connectivity index (χ1n) is 28.5. The maximum Gasteiger partial charge on any atom is 0.0725 e. The maximum absolute atomic E-state index is 2.65. The SMILES string of the molecule is CC1C=CC2(C)c3ccccc3C3(c4ccccc4-c4ccc(-c5c6ccccc6cc6c5c5cccc7c8c(-c9ccc%10c(c9)C9(c%11ccccc%11-c%11ccccc%119)c9ccccc9-%10)c9ccccc9cc8n6c75)cc43)C2C1. The van der Waals surface area contributed by atoms with Crippen molar-refractivity contribution in [2.45, 2.75) is 36.5 Å². The first kappa shape index (κ1) is 42.8. The van der Waals surface area contributed by atoms with Crippen molar-refractivity contribution in [2.24, 2.45) is 11.8 Å². The summed E-state index contributed by atoms with van der Waals surface area (Å²) in [6.07, 6.45) is 6.19. The highest BCUT2D eigenvalue weighted by molar-refractivity contribution is 6.32. The van der Waals surface area contributed by atoms with E-state index in [9.17, 15) is 0 Å². The Morgan fingerprint density at radius 1 is 0.380 bits per heavy atom. The lowest BCUT2D eigenvalue weighted by atomic mass is 9.58. The average molecular weight is 1000 g/mol. The third-order valence-corrected chi connectivity index (χ3v) is 20.6. The molecule has 0 fully saturated rings. The van der Waals surface area contributed by atoms with Crippen molar-refractivity contribution in [1.29, 1.82) is 0 Å². The summed E-state index contributed by atoms with van der Waals surface area (Å²) in [6, 6.07) is 91.8. The molecule has 1 nitrogen and oxygen atoms in total. The van der Waals surface area contributed by atoms with E-state index in [0.29, 0.717) is 11.8 Å². The third kappa shape index (κ3) is 4.90. The Kier molecular flexibility index (Phi) is 7.92. The van der Waals surface area contributed by atoms with Crippen LogP contribution in [0.2, 0.25) is 0 Å². The molecule has 0 bridgehead atoms. The van der Waals surface area contributed by atoms with E-state index in [1.165, 1.54) is 160 Å². The van der Waals surface area contributed by atoms with Gasteiger partial charge in [-0.05, 0) is 164 Å². The van der Waals surface area contributed by atoms with Crippen molar-refractivity contribution in [3.05, 3.63) is 293 Å². The maximum atomic E-state index is 2.65. The smallest absolute Gasteiger partial charge is 0.0725 e. The number of para-hydroxylation sites is 1. The van der Waals surface area contributed by atoms with Crippen LogP contribution >= 0.6 is 0 Å². The molecule has 12 aromatic carbocycles. The summed E-state index contributed by atoms with van der Waals surface area (Å²) in [5.41, 5.74) is 27.5. The molecule has 0 saturated heterocycles. The number of aromatic nitrogens is 1. The molecule has 2 heterocycles. The van der Waals surface area contributed by atoms with Crippen LogP contribution in [0.15, 0.2) is 249 Å². The van der Waals surface area contributed by atoms with Crippen LogP contribution < -0.4 is 0 Å². The highest BCUT2D eigenvalue weighted by atomic mass is 14.9. The molecule has 0 aliphatic heterocycles. The standard InChI is InChI=1S/C78H51N/c1-45-38-39-76(2)64-32-15-16-33-65(64)78(70(76)40-45)63-31-14-10-25-55(63)57-37-35-49(42-67(57)78)72-51-21-6-4-19-47(51)44-69-74(72)59-27-17-26-58-73-68(79(69)75(58)59)43-46-18-3-5-20-50(46)71(73)48-34-36-56-54-24-9-13-30-62(54)77(66(56)41-48)60-28-11-7-22-52(60)53-23-8-12-29-61(53)77/h3-39,41-45,70H,40H2,1-2H3. The lowest BCUT2D eigenvalue weighted by Crippen LogP contribution is -2.41. The quantitative estimate of drug-likeness (QED) is 0.152. The van der Waals surface area contributed by atoms with Gasteiger partial charge < -0.3 is 4.40 Å². The molecule has 5 aliphatic rings. The minimum Gasteiger partial charge on any atom is -0.308 e. The van der Waals surface area contributed by atoms with Gasteiger partial charge in [0.25, 0.3) is 0 Å². The van der Waals surface area contributed by atoms with E-state index in [4.69, 9.17) is 0 Å². The first-order chi connectivity index (χ1) is 39.0. The normalized spacial score (nSPS) is 20.4. The van der Waals surface area contributed by atoms with E-state index < -0.39 is 5.41 Å². The monoisotopic (exact) mass is 1000 g/mol. The largest absolute Gasteiger partial charge is 0.308 e. The lowest BCUT2D eigenvalue weighted by Gasteiger charge is -2.44. The zero-order chi connectivity index (χ0) is 51.7. The first-order valence-corrected chi connectivity index (χ1v) is 28.5. The lowest BCUT2D eigenvalue weighted by molar-refractivity contribution is 0.247. The van der Waals surface area contributed by atoms with Crippen LogP contribution in [0.1, 0.15) is 64.8 Å². The zero-order valence-electron chi connectivity index (χ0n) is 44.0. The van der Waals surface area contributed by atoms with E-state index in [2.05, 4.69) is 267 Å². The third-order valence-electron chi connectivity index (χ3n) is 20.6. The van der Waals surface area contributed by atoms with Gasteiger partial charge in [-0.3, -0.25) is 0 Å². The highest BCUT2D eigenvalue weighted by Gasteiger charge is 2.62. The van der Waals surface area contributed by atoms with Gasteiger partial charge >= 0.3 is 0 Å². The van der Waals surface area contributed by atoms with Crippen LogP contribution in [0.5, 0.6) is 0 Å².